The van der Waals surface area contributed by atoms with Crippen LogP contribution in [0.15, 0.2) is 0 Å². The number of nitrogens with zero attached hydrogens (tertiary/aromatic N) is 1. The molecular formula is C12H24N2O3S. The summed E-state index contributed by atoms with van der Waals surface area (Å²) >= 11 is 0. The average Bonchev–Trinajstić information content (AvgIpc) is 2.36. The van der Waals surface area contributed by atoms with Crippen LogP contribution in [-0.4, -0.2) is 56.9 Å². The minimum atomic E-state index is -3.09. The Morgan fingerprint density at radius 3 is 2.50 bits per heavy atom. The highest BCUT2D eigenvalue weighted by atomic mass is 32.2. The molecule has 0 aromatic heterocycles. The van der Waals surface area contributed by atoms with Gasteiger partial charge in [-0.2, -0.15) is 0 Å². The maximum absolute atomic E-state index is 11.8. The van der Waals surface area contributed by atoms with Crippen molar-refractivity contribution < 1.29 is 13.2 Å². The van der Waals surface area contributed by atoms with Crippen LogP contribution in [0.1, 0.15) is 26.7 Å². The van der Waals surface area contributed by atoms with Crippen molar-refractivity contribution in [2.24, 2.45) is 5.92 Å². The van der Waals surface area contributed by atoms with Crippen molar-refractivity contribution in [3.05, 3.63) is 0 Å². The second-order valence-electron chi connectivity index (χ2n) is 5.01. The topological polar surface area (TPSA) is 66.5 Å². The Kier molecular flexibility index (Phi) is 6.08. The highest BCUT2D eigenvalue weighted by Crippen LogP contribution is 2.08. The fraction of sp³-hybridized carbons (Fsp3) is 0.917. The quantitative estimate of drug-likeness (QED) is 0.756. The Labute approximate surface area is 110 Å². The summed E-state index contributed by atoms with van der Waals surface area (Å²) in [6.45, 7) is 6.87. The van der Waals surface area contributed by atoms with Gasteiger partial charge in [0.15, 0.2) is 9.84 Å². The molecule has 18 heavy (non-hydrogen) atoms. The highest BCUT2D eigenvalue weighted by molar-refractivity contribution is 7.91. The van der Waals surface area contributed by atoms with Gasteiger partial charge in [-0.25, -0.2) is 8.42 Å². The van der Waals surface area contributed by atoms with Gasteiger partial charge in [0.1, 0.15) is 0 Å². The van der Waals surface area contributed by atoms with Gasteiger partial charge in [0.05, 0.1) is 11.5 Å². The number of carbonyl (C=O) groups is 1. The molecule has 0 bridgehead atoms. The van der Waals surface area contributed by atoms with Crippen LogP contribution < -0.4 is 5.32 Å². The van der Waals surface area contributed by atoms with E-state index in [0.717, 1.165) is 19.5 Å². The third-order valence-electron chi connectivity index (χ3n) is 3.33. The third-order valence-corrected chi connectivity index (χ3v) is 5.24. The number of sulfone groups is 1. The molecule has 0 radical (unpaired) electrons. The van der Waals surface area contributed by atoms with Gasteiger partial charge in [0.2, 0.25) is 5.91 Å². The first-order valence-corrected chi connectivity index (χ1v) is 8.45. The first-order chi connectivity index (χ1) is 8.44. The van der Waals surface area contributed by atoms with E-state index in [9.17, 15) is 13.2 Å². The van der Waals surface area contributed by atoms with Crippen LogP contribution in [0, 0.1) is 5.92 Å². The lowest BCUT2D eigenvalue weighted by atomic mass is 10.2. The van der Waals surface area contributed by atoms with Crippen molar-refractivity contribution in [2.45, 2.75) is 26.7 Å². The Balaban J connectivity index is 2.36. The number of amides is 1. The molecule has 1 saturated heterocycles. The predicted octanol–water partition coefficient (Wildman–Crippen LogP) is 0.269. The molecule has 0 spiro atoms. The van der Waals surface area contributed by atoms with E-state index in [4.69, 9.17) is 0 Å². The zero-order valence-electron chi connectivity index (χ0n) is 11.3. The molecule has 1 atom stereocenters. The number of carbonyl (C=O) groups excluding carboxylic acids is 1. The van der Waals surface area contributed by atoms with Crippen LogP contribution in [0.4, 0.5) is 0 Å². The number of nitrogens with one attached hydrogen (secondary N) is 1. The molecule has 6 heteroatoms. The van der Waals surface area contributed by atoms with Crippen molar-refractivity contribution in [2.75, 3.05) is 37.7 Å². The minimum Gasteiger partial charge on any atom is -0.340 e. The zero-order chi connectivity index (χ0) is 13.6. The molecule has 0 aliphatic carbocycles. The van der Waals surface area contributed by atoms with E-state index in [1.54, 1.807) is 4.90 Å². The van der Waals surface area contributed by atoms with Gasteiger partial charge in [-0.1, -0.05) is 20.3 Å². The molecule has 1 amide bonds. The molecule has 1 rings (SSSR count). The highest BCUT2D eigenvalue weighted by Gasteiger charge is 2.20. The maximum Gasteiger partial charge on any atom is 0.223 e. The zero-order valence-corrected chi connectivity index (χ0v) is 12.1. The molecule has 5 nitrogen and oxygen atoms in total. The van der Waals surface area contributed by atoms with E-state index < -0.39 is 9.84 Å². The van der Waals surface area contributed by atoms with Crippen LogP contribution in [0.3, 0.4) is 0 Å². The molecule has 1 aliphatic rings. The predicted molar refractivity (Wildman–Crippen MR) is 72.2 cm³/mol. The molecule has 0 aromatic carbocycles. The first-order valence-electron chi connectivity index (χ1n) is 6.63. The van der Waals surface area contributed by atoms with E-state index in [0.29, 0.717) is 13.1 Å². The molecule has 1 N–H and O–H groups in total. The standard InChI is InChI=1S/C12H24N2O3S/c1-3-11(2)10-18(16,17)9-4-12(15)14-7-5-13-6-8-14/h11,13H,3-10H2,1-2H3. The molecular weight excluding hydrogens is 252 g/mol. The van der Waals surface area contributed by atoms with Crippen LogP contribution in [0.5, 0.6) is 0 Å². The molecule has 1 heterocycles. The summed E-state index contributed by atoms with van der Waals surface area (Å²) in [5.74, 6) is 0.312. The number of piperazine rings is 1. The molecule has 106 valence electrons. The molecule has 0 aromatic rings. The molecule has 1 aliphatic heterocycles. The summed E-state index contributed by atoms with van der Waals surface area (Å²) in [5.41, 5.74) is 0. The summed E-state index contributed by atoms with van der Waals surface area (Å²) in [4.78, 5) is 13.6. The second kappa shape index (κ2) is 7.09. The van der Waals surface area contributed by atoms with E-state index in [1.807, 2.05) is 13.8 Å². The summed E-state index contributed by atoms with van der Waals surface area (Å²) in [6.07, 6.45) is 0.976. The van der Waals surface area contributed by atoms with Crippen LogP contribution in [0.2, 0.25) is 0 Å². The number of rotatable bonds is 6. The fourth-order valence-corrected chi connectivity index (χ4v) is 3.70. The lowest BCUT2D eigenvalue weighted by Crippen LogP contribution is -2.46. The molecule has 1 fully saturated rings. The van der Waals surface area contributed by atoms with E-state index in [-0.39, 0.29) is 29.8 Å². The van der Waals surface area contributed by atoms with Gasteiger partial charge in [0.25, 0.3) is 0 Å². The fourth-order valence-electron chi connectivity index (χ4n) is 1.95. The molecule has 1 unspecified atom stereocenters. The van der Waals surface area contributed by atoms with Crippen molar-refractivity contribution in [1.29, 1.82) is 0 Å². The van der Waals surface area contributed by atoms with Crippen LogP contribution in [-0.2, 0) is 14.6 Å². The third kappa shape index (κ3) is 5.35. The largest absolute Gasteiger partial charge is 0.340 e. The summed E-state index contributed by atoms with van der Waals surface area (Å²) < 4.78 is 23.6. The SMILES string of the molecule is CCC(C)CS(=O)(=O)CCC(=O)N1CCNCC1. The summed E-state index contributed by atoms with van der Waals surface area (Å²) in [6, 6.07) is 0. The summed E-state index contributed by atoms with van der Waals surface area (Å²) in [5, 5.41) is 3.16. The van der Waals surface area contributed by atoms with Gasteiger partial charge in [0, 0.05) is 32.6 Å². The minimum absolute atomic E-state index is 0.0138. The first kappa shape index (κ1) is 15.4. The Bertz CT molecular complexity index is 362. The second-order valence-corrected chi connectivity index (χ2v) is 7.24. The Morgan fingerprint density at radius 1 is 1.33 bits per heavy atom. The van der Waals surface area contributed by atoms with Crippen molar-refractivity contribution in [3.8, 4) is 0 Å². The van der Waals surface area contributed by atoms with Crippen molar-refractivity contribution >= 4 is 15.7 Å². The summed E-state index contributed by atoms with van der Waals surface area (Å²) in [7, 11) is -3.09. The van der Waals surface area contributed by atoms with Gasteiger partial charge in [-0.3, -0.25) is 4.79 Å². The van der Waals surface area contributed by atoms with Crippen LogP contribution >= 0.6 is 0 Å². The Hall–Kier alpha value is -0.620. The molecule has 0 saturated carbocycles. The van der Waals surface area contributed by atoms with Gasteiger partial charge in [-0.15, -0.1) is 0 Å². The maximum atomic E-state index is 11.8. The lowest BCUT2D eigenvalue weighted by Gasteiger charge is -2.27. The van der Waals surface area contributed by atoms with Crippen LogP contribution in [0.25, 0.3) is 0 Å². The Morgan fingerprint density at radius 2 is 1.94 bits per heavy atom. The van der Waals surface area contributed by atoms with E-state index >= 15 is 0 Å². The van der Waals surface area contributed by atoms with Crippen molar-refractivity contribution in [1.82, 2.24) is 10.2 Å². The van der Waals surface area contributed by atoms with Gasteiger partial charge >= 0.3 is 0 Å². The smallest absolute Gasteiger partial charge is 0.223 e. The van der Waals surface area contributed by atoms with Gasteiger partial charge < -0.3 is 10.2 Å². The van der Waals surface area contributed by atoms with E-state index in [1.165, 1.54) is 0 Å². The van der Waals surface area contributed by atoms with Crippen molar-refractivity contribution in [3.63, 3.8) is 0 Å². The lowest BCUT2D eigenvalue weighted by molar-refractivity contribution is -0.131. The van der Waals surface area contributed by atoms with E-state index in [2.05, 4.69) is 5.32 Å². The average molecular weight is 276 g/mol. The normalized spacial score (nSPS) is 18.7. The van der Waals surface area contributed by atoms with Gasteiger partial charge in [-0.05, 0) is 5.92 Å². The number of hydrogen-bond donors (Lipinski definition) is 1. The number of hydrogen-bond acceptors (Lipinski definition) is 4. The monoisotopic (exact) mass is 276 g/mol.